The summed E-state index contributed by atoms with van der Waals surface area (Å²) >= 11 is 0. The molecule has 0 unspecified atom stereocenters. The second-order valence-corrected chi connectivity index (χ2v) is 4.20. The molecule has 100 valence electrons. The highest BCUT2D eigenvalue weighted by Gasteiger charge is 2.09. The lowest BCUT2D eigenvalue weighted by molar-refractivity contribution is 0.465. The van der Waals surface area contributed by atoms with Gasteiger partial charge >= 0.3 is 0 Å². The maximum Gasteiger partial charge on any atom is 0.248 e. The van der Waals surface area contributed by atoms with Crippen LogP contribution in [-0.4, -0.2) is 9.97 Å². The molecule has 0 atom stereocenters. The minimum absolute atomic E-state index is 0.267. The van der Waals surface area contributed by atoms with Crippen LogP contribution in [0.5, 0.6) is 11.6 Å². The van der Waals surface area contributed by atoms with Gasteiger partial charge < -0.3 is 15.9 Å². The Morgan fingerprint density at radius 1 is 1.00 bits per heavy atom. The molecule has 3 rings (SSSR count). The topological polar surface area (TPSA) is 99.1 Å². The summed E-state index contributed by atoms with van der Waals surface area (Å²) in [6.45, 7) is 0. The molecule has 6 heteroatoms. The number of rotatable bonds is 3. The Labute approximate surface area is 115 Å². The van der Waals surface area contributed by atoms with Crippen LogP contribution in [0, 0.1) is 0 Å². The quantitative estimate of drug-likeness (QED) is 0.497. The summed E-state index contributed by atoms with van der Waals surface area (Å²) in [5.74, 6) is 6.56. The number of nitrogens with two attached hydrogens (primary N) is 2. The molecule has 0 amide bonds. The molecule has 0 aliphatic heterocycles. The number of nitrogens with one attached hydrogen (secondary N) is 1. The first-order valence-corrected chi connectivity index (χ1v) is 6.01. The summed E-state index contributed by atoms with van der Waals surface area (Å²) in [5, 5.41) is 2.22. The normalized spacial score (nSPS) is 10.4. The van der Waals surface area contributed by atoms with Crippen LogP contribution in [0.2, 0.25) is 0 Å². The van der Waals surface area contributed by atoms with Crippen LogP contribution in [0.1, 0.15) is 0 Å². The van der Waals surface area contributed by atoms with E-state index in [0.29, 0.717) is 11.6 Å². The van der Waals surface area contributed by atoms with E-state index in [4.69, 9.17) is 16.3 Å². The van der Waals surface area contributed by atoms with Crippen molar-refractivity contribution in [2.75, 3.05) is 11.2 Å². The fraction of sp³-hybridized carbons (Fsp3) is 0. The standard InChI is InChI=1S/C14H13N5O/c15-12-13(19-16)17-8-18-14(12)20-11-6-5-9-3-1-2-4-10(9)7-11/h1-8H,15-16H2,(H,17,18,19). The molecule has 0 radical (unpaired) electrons. The maximum absolute atomic E-state index is 5.86. The second-order valence-electron chi connectivity index (χ2n) is 4.20. The van der Waals surface area contributed by atoms with Gasteiger partial charge in [-0.25, -0.2) is 10.8 Å². The molecule has 0 bridgehead atoms. The van der Waals surface area contributed by atoms with Crippen LogP contribution in [0.3, 0.4) is 0 Å². The number of fused-ring (bicyclic) bond motifs is 1. The Balaban J connectivity index is 1.97. The van der Waals surface area contributed by atoms with E-state index in [2.05, 4.69) is 15.4 Å². The summed E-state index contributed by atoms with van der Waals surface area (Å²) < 4.78 is 5.69. The van der Waals surface area contributed by atoms with Crippen molar-refractivity contribution in [3.63, 3.8) is 0 Å². The van der Waals surface area contributed by atoms with Gasteiger partial charge in [0, 0.05) is 0 Å². The molecule has 0 aliphatic rings. The molecule has 0 aliphatic carbocycles. The van der Waals surface area contributed by atoms with Crippen LogP contribution in [0.25, 0.3) is 10.8 Å². The number of ether oxygens (including phenoxy) is 1. The summed E-state index contributed by atoms with van der Waals surface area (Å²) in [4.78, 5) is 7.91. The van der Waals surface area contributed by atoms with E-state index >= 15 is 0 Å². The molecule has 0 saturated heterocycles. The first-order valence-electron chi connectivity index (χ1n) is 6.01. The third-order valence-electron chi connectivity index (χ3n) is 2.92. The van der Waals surface area contributed by atoms with Crippen LogP contribution in [-0.2, 0) is 0 Å². The van der Waals surface area contributed by atoms with Crippen LogP contribution in [0.4, 0.5) is 11.5 Å². The van der Waals surface area contributed by atoms with Crippen molar-refractivity contribution >= 4 is 22.3 Å². The molecule has 2 aromatic carbocycles. The van der Waals surface area contributed by atoms with Gasteiger partial charge in [0.05, 0.1) is 0 Å². The van der Waals surface area contributed by atoms with E-state index in [0.717, 1.165) is 10.8 Å². The van der Waals surface area contributed by atoms with Crippen molar-refractivity contribution in [1.29, 1.82) is 0 Å². The van der Waals surface area contributed by atoms with Crippen LogP contribution < -0.4 is 21.7 Å². The SMILES string of the molecule is NNc1ncnc(Oc2ccc3ccccc3c2)c1N. The van der Waals surface area contributed by atoms with E-state index in [1.54, 1.807) is 0 Å². The molecular weight excluding hydrogens is 254 g/mol. The van der Waals surface area contributed by atoms with Gasteiger partial charge in [-0.1, -0.05) is 30.3 Å². The summed E-state index contributed by atoms with van der Waals surface area (Å²) in [6, 6.07) is 13.8. The van der Waals surface area contributed by atoms with Crippen LogP contribution in [0.15, 0.2) is 48.8 Å². The monoisotopic (exact) mass is 267 g/mol. The minimum Gasteiger partial charge on any atom is -0.437 e. The third-order valence-corrected chi connectivity index (χ3v) is 2.92. The third kappa shape index (κ3) is 2.19. The Morgan fingerprint density at radius 2 is 1.80 bits per heavy atom. The molecule has 0 saturated carbocycles. The van der Waals surface area contributed by atoms with Gasteiger partial charge in [0.1, 0.15) is 17.8 Å². The highest BCUT2D eigenvalue weighted by atomic mass is 16.5. The zero-order valence-corrected chi connectivity index (χ0v) is 10.6. The number of nitrogen functional groups attached to an aromatic ring is 2. The van der Waals surface area contributed by atoms with E-state index in [-0.39, 0.29) is 11.6 Å². The number of nitrogens with zero attached hydrogens (tertiary/aromatic N) is 2. The Bertz CT molecular complexity index is 759. The van der Waals surface area contributed by atoms with Gasteiger partial charge in [0.15, 0.2) is 5.82 Å². The van der Waals surface area contributed by atoms with Gasteiger partial charge in [-0.3, -0.25) is 0 Å². The average Bonchev–Trinajstić information content (AvgIpc) is 2.49. The summed E-state index contributed by atoms with van der Waals surface area (Å²) in [6.07, 6.45) is 1.34. The molecule has 6 nitrogen and oxygen atoms in total. The zero-order chi connectivity index (χ0) is 13.9. The lowest BCUT2D eigenvalue weighted by Gasteiger charge is -2.10. The fourth-order valence-corrected chi connectivity index (χ4v) is 1.92. The highest BCUT2D eigenvalue weighted by Crippen LogP contribution is 2.30. The van der Waals surface area contributed by atoms with E-state index in [1.165, 1.54) is 6.33 Å². The molecule has 3 aromatic rings. The van der Waals surface area contributed by atoms with Gasteiger partial charge in [0.2, 0.25) is 5.88 Å². The van der Waals surface area contributed by atoms with E-state index < -0.39 is 0 Å². The molecule has 5 N–H and O–H groups in total. The molecule has 20 heavy (non-hydrogen) atoms. The number of hydrazine groups is 1. The predicted molar refractivity (Wildman–Crippen MR) is 78.3 cm³/mol. The van der Waals surface area contributed by atoms with E-state index in [1.807, 2.05) is 42.5 Å². The molecular formula is C14H13N5O. The average molecular weight is 267 g/mol. The number of anilines is 2. The van der Waals surface area contributed by atoms with E-state index in [9.17, 15) is 0 Å². The fourth-order valence-electron chi connectivity index (χ4n) is 1.92. The summed E-state index contributed by atoms with van der Waals surface area (Å²) in [7, 11) is 0. The maximum atomic E-state index is 5.86. The highest BCUT2D eigenvalue weighted by molar-refractivity contribution is 5.83. The Hall–Kier alpha value is -2.86. The zero-order valence-electron chi connectivity index (χ0n) is 10.6. The van der Waals surface area contributed by atoms with Crippen LogP contribution >= 0.6 is 0 Å². The Morgan fingerprint density at radius 3 is 2.60 bits per heavy atom. The smallest absolute Gasteiger partial charge is 0.248 e. The first kappa shape index (κ1) is 12.2. The second kappa shape index (κ2) is 5.02. The van der Waals surface area contributed by atoms with Crippen molar-refractivity contribution in [3.05, 3.63) is 48.8 Å². The first-order chi connectivity index (χ1) is 9.78. The van der Waals surface area contributed by atoms with Gasteiger partial charge in [-0.05, 0) is 22.9 Å². The van der Waals surface area contributed by atoms with Gasteiger partial charge in [-0.2, -0.15) is 4.98 Å². The lowest BCUT2D eigenvalue weighted by Crippen LogP contribution is -2.12. The molecule has 0 fully saturated rings. The lowest BCUT2D eigenvalue weighted by atomic mass is 10.1. The largest absolute Gasteiger partial charge is 0.437 e. The van der Waals surface area contributed by atoms with Gasteiger partial charge in [-0.15, -0.1) is 0 Å². The number of hydrogen-bond donors (Lipinski definition) is 3. The molecule has 1 aromatic heterocycles. The number of hydrogen-bond acceptors (Lipinski definition) is 6. The van der Waals surface area contributed by atoms with Crippen molar-refractivity contribution in [1.82, 2.24) is 9.97 Å². The van der Waals surface area contributed by atoms with Crippen molar-refractivity contribution in [3.8, 4) is 11.6 Å². The molecule has 0 spiro atoms. The number of benzene rings is 2. The summed E-state index contributed by atoms with van der Waals surface area (Å²) in [5.41, 5.74) is 8.52. The van der Waals surface area contributed by atoms with Crippen molar-refractivity contribution in [2.45, 2.75) is 0 Å². The number of aromatic nitrogens is 2. The van der Waals surface area contributed by atoms with Gasteiger partial charge in [0.25, 0.3) is 0 Å². The Kier molecular flexibility index (Phi) is 3.06. The predicted octanol–water partition coefficient (Wildman–Crippen LogP) is 2.29. The minimum atomic E-state index is 0.267. The molecule has 1 heterocycles. The van der Waals surface area contributed by atoms with Crippen molar-refractivity contribution < 1.29 is 4.74 Å². The van der Waals surface area contributed by atoms with Crippen molar-refractivity contribution in [2.24, 2.45) is 5.84 Å².